The molecule has 12 nitrogen and oxygen atoms in total. The Bertz CT molecular complexity index is 607. The van der Waals surface area contributed by atoms with Crippen LogP contribution in [-0.4, -0.2) is 59.4 Å². The van der Waals surface area contributed by atoms with Crippen molar-refractivity contribution in [2.24, 2.45) is 33.8 Å². The summed E-state index contributed by atoms with van der Waals surface area (Å²) in [7, 11) is 0. The van der Waals surface area contributed by atoms with Crippen LogP contribution in [0.15, 0.2) is 4.99 Å². The van der Waals surface area contributed by atoms with E-state index in [1.165, 1.54) is 0 Å². The molecule has 0 saturated carbocycles. The Morgan fingerprint density at radius 2 is 1.66 bits per heavy atom. The van der Waals surface area contributed by atoms with Crippen molar-refractivity contribution >= 4 is 29.7 Å². The summed E-state index contributed by atoms with van der Waals surface area (Å²) in [4.78, 5) is 51.0. The molecule has 0 aliphatic carbocycles. The number of rotatable bonds is 14. The van der Waals surface area contributed by atoms with Gasteiger partial charge in [-0.2, -0.15) is 0 Å². The summed E-state index contributed by atoms with van der Waals surface area (Å²) in [5, 5.41) is 14.2. The van der Waals surface area contributed by atoms with Gasteiger partial charge >= 0.3 is 5.97 Å². The first kappa shape index (κ1) is 26.1. The predicted molar refractivity (Wildman–Crippen MR) is 107 cm³/mol. The van der Waals surface area contributed by atoms with Gasteiger partial charge in [0.2, 0.25) is 17.7 Å². The van der Waals surface area contributed by atoms with E-state index >= 15 is 0 Å². The highest BCUT2D eigenvalue weighted by atomic mass is 16.4. The first-order chi connectivity index (χ1) is 13.5. The van der Waals surface area contributed by atoms with E-state index < -0.39 is 41.8 Å². The quantitative estimate of drug-likeness (QED) is 0.0926. The van der Waals surface area contributed by atoms with E-state index in [2.05, 4.69) is 15.6 Å². The number of nitrogens with two attached hydrogens (primary N) is 4. The van der Waals surface area contributed by atoms with Gasteiger partial charge in [0.1, 0.15) is 12.1 Å². The molecule has 4 atom stereocenters. The number of hydrogen-bond donors (Lipinski definition) is 7. The molecular formula is C17H33N7O5. The highest BCUT2D eigenvalue weighted by molar-refractivity contribution is 5.92. The Balaban J connectivity index is 4.98. The molecule has 0 radical (unpaired) electrons. The Hall–Kier alpha value is -2.89. The topological polar surface area (TPSA) is 229 Å². The van der Waals surface area contributed by atoms with Crippen molar-refractivity contribution < 1.29 is 24.3 Å². The van der Waals surface area contributed by atoms with Crippen LogP contribution in [0.5, 0.6) is 0 Å². The van der Waals surface area contributed by atoms with Gasteiger partial charge in [0.25, 0.3) is 0 Å². The number of carboxylic acid groups (broad SMARTS) is 1. The molecule has 166 valence electrons. The first-order valence-electron chi connectivity index (χ1n) is 9.42. The van der Waals surface area contributed by atoms with E-state index in [9.17, 15) is 24.3 Å². The molecule has 11 N–H and O–H groups in total. The van der Waals surface area contributed by atoms with Crippen LogP contribution in [0.3, 0.4) is 0 Å². The van der Waals surface area contributed by atoms with Crippen LogP contribution < -0.4 is 33.6 Å². The molecule has 0 saturated heterocycles. The number of nitrogens with one attached hydrogen (secondary N) is 2. The van der Waals surface area contributed by atoms with Crippen molar-refractivity contribution in [3.8, 4) is 0 Å². The van der Waals surface area contributed by atoms with Crippen LogP contribution in [-0.2, 0) is 19.2 Å². The van der Waals surface area contributed by atoms with Crippen LogP contribution in [0.1, 0.15) is 46.0 Å². The Kier molecular flexibility index (Phi) is 12.0. The number of hydrogen-bond acceptors (Lipinski definition) is 6. The van der Waals surface area contributed by atoms with Crippen molar-refractivity contribution in [3.63, 3.8) is 0 Å². The molecule has 12 heteroatoms. The minimum Gasteiger partial charge on any atom is -0.480 e. The van der Waals surface area contributed by atoms with Crippen LogP contribution in [0.2, 0.25) is 0 Å². The van der Waals surface area contributed by atoms with Gasteiger partial charge in [-0.05, 0) is 25.2 Å². The fourth-order valence-electron chi connectivity index (χ4n) is 2.42. The van der Waals surface area contributed by atoms with E-state index in [0.29, 0.717) is 25.8 Å². The molecule has 0 aliphatic heterocycles. The fraction of sp³-hybridized carbons (Fsp3) is 0.706. The second-order valence-electron chi connectivity index (χ2n) is 6.83. The maximum absolute atomic E-state index is 12.6. The summed E-state index contributed by atoms with van der Waals surface area (Å²) in [5.74, 6) is -3.52. The molecular weight excluding hydrogens is 382 g/mol. The van der Waals surface area contributed by atoms with Gasteiger partial charge in [0, 0.05) is 13.0 Å². The SMILES string of the molecule is CC[C@H](C)[C@H](NC(=O)[C@@H](N)CCCN=C(N)N)C(=O)N[C@@H](CCC(N)=O)C(=O)O. The molecule has 0 aromatic rings. The van der Waals surface area contributed by atoms with Crippen molar-refractivity contribution in [2.45, 2.75) is 64.1 Å². The zero-order chi connectivity index (χ0) is 22.6. The van der Waals surface area contributed by atoms with E-state index in [1.54, 1.807) is 6.92 Å². The van der Waals surface area contributed by atoms with Gasteiger partial charge in [-0.1, -0.05) is 20.3 Å². The maximum atomic E-state index is 12.6. The molecule has 0 aromatic carbocycles. The number of carbonyl (C=O) groups excluding carboxylic acids is 3. The number of primary amides is 1. The Labute approximate surface area is 169 Å². The highest BCUT2D eigenvalue weighted by Crippen LogP contribution is 2.10. The fourth-order valence-corrected chi connectivity index (χ4v) is 2.42. The standard InChI is InChI=1S/C17H33N7O5/c1-3-9(2)13(15(27)23-11(16(28)29)6-7-12(19)25)24-14(26)10(18)5-4-8-22-17(20)21/h9-11,13H,3-8,18H2,1-2H3,(H2,19,25)(H,23,27)(H,24,26)(H,28,29)(H4,20,21,22)/t9-,10-,11-,13-/m0/s1. The molecule has 0 rings (SSSR count). The third-order valence-corrected chi connectivity index (χ3v) is 4.39. The van der Waals surface area contributed by atoms with E-state index in [4.69, 9.17) is 22.9 Å². The number of carboxylic acids is 1. The minimum absolute atomic E-state index is 0.0548. The normalized spacial score (nSPS) is 14.7. The zero-order valence-electron chi connectivity index (χ0n) is 16.9. The molecule has 3 amide bonds. The smallest absolute Gasteiger partial charge is 0.326 e. The molecule has 0 aliphatic rings. The first-order valence-corrected chi connectivity index (χ1v) is 9.42. The lowest BCUT2D eigenvalue weighted by Gasteiger charge is -2.26. The summed E-state index contributed by atoms with van der Waals surface area (Å²) in [6, 6.07) is -3.16. The maximum Gasteiger partial charge on any atom is 0.326 e. The number of aliphatic imine (C=N–C) groups is 1. The van der Waals surface area contributed by atoms with Crippen LogP contribution in [0.25, 0.3) is 0 Å². The zero-order valence-corrected chi connectivity index (χ0v) is 16.9. The second kappa shape index (κ2) is 13.3. The van der Waals surface area contributed by atoms with E-state index in [-0.39, 0.29) is 24.7 Å². The lowest BCUT2D eigenvalue weighted by molar-refractivity contribution is -0.142. The molecule has 0 aromatic heterocycles. The van der Waals surface area contributed by atoms with Gasteiger partial charge in [-0.3, -0.25) is 19.4 Å². The number of aliphatic carboxylic acids is 1. The van der Waals surface area contributed by atoms with E-state index in [0.717, 1.165) is 0 Å². The highest BCUT2D eigenvalue weighted by Gasteiger charge is 2.31. The van der Waals surface area contributed by atoms with Crippen molar-refractivity contribution in [3.05, 3.63) is 0 Å². The second-order valence-corrected chi connectivity index (χ2v) is 6.83. The van der Waals surface area contributed by atoms with Crippen molar-refractivity contribution in [1.29, 1.82) is 0 Å². The van der Waals surface area contributed by atoms with Gasteiger partial charge < -0.3 is 38.7 Å². The molecule has 0 unspecified atom stereocenters. The number of guanidine groups is 1. The van der Waals surface area contributed by atoms with E-state index in [1.807, 2.05) is 6.92 Å². The van der Waals surface area contributed by atoms with Crippen LogP contribution in [0, 0.1) is 5.92 Å². The minimum atomic E-state index is -1.30. The summed E-state index contributed by atoms with van der Waals surface area (Å²) >= 11 is 0. The third-order valence-electron chi connectivity index (χ3n) is 4.39. The molecule has 0 fully saturated rings. The average molecular weight is 415 g/mol. The van der Waals surface area contributed by atoms with Gasteiger partial charge in [-0.25, -0.2) is 4.79 Å². The molecule has 0 bridgehead atoms. The summed E-state index contributed by atoms with van der Waals surface area (Å²) < 4.78 is 0. The van der Waals surface area contributed by atoms with Crippen LogP contribution in [0.4, 0.5) is 0 Å². The summed E-state index contributed by atoms with van der Waals surface area (Å²) in [6.07, 6.45) is 0.978. The average Bonchev–Trinajstić information content (AvgIpc) is 2.64. The van der Waals surface area contributed by atoms with Gasteiger partial charge in [-0.15, -0.1) is 0 Å². The lowest BCUT2D eigenvalue weighted by Crippen LogP contribution is -2.56. The van der Waals surface area contributed by atoms with Crippen molar-refractivity contribution in [2.75, 3.05) is 6.54 Å². The largest absolute Gasteiger partial charge is 0.480 e. The number of amides is 3. The van der Waals surface area contributed by atoms with Crippen LogP contribution >= 0.6 is 0 Å². The summed E-state index contributed by atoms with van der Waals surface area (Å²) in [6.45, 7) is 3.89. The molecule has 0 spiro atoms. The van der Waals surface area contributed by atoms with Gasteiger partial charge in [0.05, 0.1) is 6.04 Å². The molecule has 0 heterocycles. The summed E-state index contributed by atoms with van der Waals surface area (Å²) in [5.41, 5.74) is 21.3. The molecule has 29 heavy (non-hydrogen) atoms. The monoisotopic (exact) mass is 415 g/mol. The van der Waals surface area contributed by atoms with Gasteiger partial charge in [0.15, 0.2) is 5.96 Å². The van der Waals surface area contributed by atoms with Crippen molar-refractivity contribution in [1.82, 2.24) is 10.6 Å². The third kappa shape index (κ3) is 10.9. The Morgan fingerprint density at radius 3 is 2.14 bits per heavy atom. The number of carbonyl (C=O) groups is 4. The Morgan fingerprint density at radius 1 is 1.03 bits per heavy atom. The number of nitrogens with zero attached hydrogens (tertiary/aromatic N) is 1. The lowest BCUT2D eigenvalue weighted by atomic mass is 9.97. The predicted octanol–water partition coefficient (Wildman–Crippen LogP) is -2.27.